The highest BCUT2D eigenvalue weighted by molar-refractivity contribution is 6.17. The zero-order chi connectivity index (χ0) is 7.98. The Morgan fingerprint density at radius 2 is 2.00 bits per heavy atom. The fourth-order valence-electron chi connectivity index (χ4n) is 1.04. The molecule has 0 heterocycles. The number of nitrogens with zero attached hydrogens (tertiary/aromatic N) is 1. The summed E-state index contributed by atoms with van der Waals surface area (Å²) in [6, 6.07) is 0.660. The Balaban J connectivity index is 3.40. The van der Waals surface area contributed by atoms with E-state index in [4.69, 9.17) is 11.6 Å². The molecule has 0 atom stereocenters. The van der Waals surface area contributed by atoms with Gasteiger partial charge in [0.05, 0.1) is 0 Å². The Morgan fingerprint density at radius 1 is 1.40 bits per heavy atom. The molecule has 0 aromatic heterocycles. The third kappa shape index (κ3) is 4.13. The molecule has 0 rings (SSSR count). The predicted octanol–water partition coefficient (Wildman–Crippen LogP) is 2.35. The molecule has 2 heteroatoms. The Kier molecular flexibility index (Phi) is 6.14. The van der Waals surface area contributed by atoms with E-state index in [1.54, 1.807) is 0 Å². The second-order valence-electron chi connectivity index (χ2n) is 2.76. The van der Waals surface area contributed by atoms with Crippen LogP contribution in [0.1, 0.15) is 27.2 Å². The van der Waals surface area contributed by atoms with Crippen LogP contribution in [0.3, 0.4) is 0 Å². The van der Waals surface area contributed by atoms with Gasteiger partial charge >= 0.3 is 0 Å². The van der Waals surface area contributed by atoms with Crippen LogP contribution in [-0.4, -0.2) is 29.9 Å². The van der Waals surface area contributed by atoms with Crippen LogP contribution in [0.4, 0.5) is 0 Å². The molecule has 1 nitrogen and oxygen atoms in total. The van der Waals surface area contributed by atoms with Crippen LogP contribution in [0.15, 0.2) is 0 Å². The maximum atomic E-state index is 5.58. The highest BCUT2D eigenvalue weighted by atomic mass is 35.5. The molecule has 0 aliphatic rings. The van der Waals surface area contributed by atoms with E-state index in [1.165, 1.54) is 0 Å². The molecular weight excluding hydrogens is 146 g/mol. The van der Waals surface area contributed by atoms with Gasteiger partial charge in [-0.3, -0.25) is 0 Å². The molecule has 0 spiro atoms. The van der Waals surface area contributed by atoms with Crippen LogP contribution in [0.5, 0.6) is 0 Å². The molecule has 0 aliphatic carbocycles. The van der Waals surface area contributed by atoms with Crippen molar-refractivity contribution in [3.8, 4) is 0 Å². The first-order chi connectivity index (χ1) is 4.72. The first-order valence-electron chi connectivity index (χ1n) is 4.02. The molecule has 0 fully saturated rings. The van der Waals surface area contributed by atoms with Crippen molar-refractivity contribution in [2.24, 2.45) is 0 Å². The summed E-state index contributed by atoms with van der Waals surface area (Å²) >= 11 is 5.58. The third-order valence-electron chi connectivity index (χ3n) is 1.72. The van der Waals surface area contributed by atoms with Gasteiger partial charge in [0.25, 0.3) is 0 Å². The largest absolute Gasteiger partial charge is 0.301 e. The minimum absolute atomic E-state index is 0.660. The molecule has 0 bridgehead atoms. The lowest BCUT2D eigenvalue weighted by atomic mass is 10.3. The van der Waals surface area contributed by atoms with E-state index in [1.807, 2.05) is 0 Å². The van der Waals surface area contributed by atoms with Crippen molar-refractivity contribution >= 4 is 11.6 Å². The molecule has 62 valence electrons. The molecule has 10 heavy (non-hydrogen) atoms. The van der Waals surface area contributed by atoms with Gasteiger partial charge in [0.2, 0.25) is 0 Å². The van der Waals surface area contributed by atoms with Crippen LogP contribution >= 0.6 is 11.6 Å². The number of rotatable bonds is 5. The topological polar surface area (TPSA) is 3.24 Å². The van der Waals surface area contributed by atoms with Gasteiger partial charge in [0, 0.05) is 11.9 Å². The molecular formula is C8H18ClN. The first-order valence-corrected chi connectivity index (χ1v) is 4.55. The van der Waals surface area contributed by atoms with E-state index in [-0.39, 0.29) is 0 Å². The van der Waals surface area contributed by atoms with Gasteiger partial charge in [-0.2, -0.15) is 0 Å². The lowest BCUT2D eigenvalue weighted by Crippen LogP contribution is -2.31. The summed E-state index contributed by atoms with van der Waals surface area (Å²) in [6.45, 7) is 8.90. The maximum Gasteiger partial charge on any atom is 0.0235 e. The van der Waals surface area contributed by atoms with Crippen LogP contribution in [0.2, 0.25) is 0 Å². The summed E-state index contributed by atoms with van der Waals surface area (Å²) in [6.07, 6.45) is 1.10. The molecule has 0 aromatic rings. The van der Waals surface area contributed by atoms with Gasteiger partial charge in [-0.05, 0) is 33.4 Å². The molecule has 0 aliphatic heterocycles. The number of alkyl halides is 1. The number of hydrogen-bond acceptors (Lipinski definition) is 1. The summed E-state index contributed by atoms with van der Waals surface area (Å²) in [5, 5.41) is 0. The fraction of sp³-hybridized carbons (Fsp3) is 1.00. The standard InChI is InChI=1S/C8H18ClN/c1-4-10(8(2)3)7-5-6-9/h8H,4-7H2,1-3H3. The monoisotopic (exact) mass is 163 g/mol. The van der Waals surface area contributed by atoms with Crippen LogP contribution < -0.4 is 0 Å². The second kappa shape index (κ2) is 5.99. The minimum Gasteiger partial charge on any atom is -0.301 e. The van der Waals surface area contributed by atoms with Gasteiger partial charge in [-0.25, -0.2) is 0 Å². The lowest BCUT2D eigenvalue weighted by molar-refractivity contribution is 0.235. The zero-order valence-corrected chi connectivity index (χ0v) is 7.99. The average Bonchev–Trinajstić information content (AvgIpc) is 1.89. The van der Waals surface area contributed by atoms with E-state index in [0.29, 0.717) is 6.04 Å². The van der Waals surface area contributed by atoms with Gasteiger partial charge in [-0.15, -0.1) is 11.6 Å². The van der Waals surface area contributed by atoms with Gasteiger partial charge in [-0.1, -0.05) is 6.92 Å². The Labute approximate surface area is 69.4 Å². The Morgan fingerprint density at radius 3 is 2.30 bits per heavy atom. The van der Waals surface area contributed by atoms with Crippen molar-refractivity contribution in [3.63, 3.8) is 0 Å². The second-order valence-corrected chi connectivity index (χ2v) is 3.14. The predicted molar refractivity (Wildman–Crippen MR) is 47.7 cm³/mol. The van der Waals surface area contributed by atoms with E-state index < -0.39 is 0 Å². The average molecular weight is 164 g/mol. The van der Waals surface area contributed by atoms with E-state index in [0.717, 1.165) is 25.4 Å². The lowest BCUT2D eigenvalue weighted by Gasteiger charge is -2.23. The van der Waals surface area contributed by atoms with Crippen molar-refractivity contribution in [3.05, 3.63) is 0 Å². The van der Waals surface area contributed by atoms with Gasteiger partial charge in [0.15, 0.2) is 0 Å². The highest BCUT2D eigenvalue weighted by Crippen LogP contribution is 1.98. The molecule has 0 unspecified atom stereocenters. The molecule has 0 radical (unpaired) electrons. The molecule has 0 amide bonds. The summed E-state index contributed by atoms with van der Waals surface area (Å²) in [5.41, 5.74) is 0. The third-order valence-corrected chi connectivity index (χ3v) is 1.98. The van der Waals surface area contributed by atoms with E-state index in [2.05, 4.69) is 25.7 Å². The zero-order valence-electron chi connectivity index (χ0n) is 7.23. The van der Waals surface area contributed by atoms with Gasteiger partial charge < -0.3 is 4.90 Å². The van der Waals surface area contributed by atoms with Crippen molar-refractivity contribution in [1.82, 2.24) is 4.90 Å². The van der Waals surface area contributed by atoms with Crippen molar-refractivity contribution < 1.29 is 0 Å². The quantitative estimate of drug-likeness (QED) is 0.563. The number of halogens is 1. The normalized spacial score (nSPS) is 11.4. The van der Waals surface area contributed by atoms with Crippen molar-refractivity contribution in [2.75, 3.05) is 19.0 Å². The maximum absolute atomic E-state index is 5.58. The van der Waals surface area contributed by atoms with Gasteiger partial charge in [0.1, 0.15) is 0 Å². The highest BCUT2D eigenvalue weighted by Gasteiger charge is 2.04. The summed E-state index contributed by atoms with van der Waals surface area (Å²) < 4.78 is 0. The summed E-state index contributed by atoms with van der Waals surface area (Å²) in [7, 11) is 0. The van der Waals surface area contributed by atoms with Crippen LogP contribution in [0, 0.1) is 0 Å². The molecule has 0 N–H and O–H groups in total. The van der Waals surface area contributed by atoms with Crippen molar-refractivity contribution in [2.45, 2.75) is 33.2 Å². The smallest absolute Gasteiger partial charge is 0.0235 e. The molecule has 0 saturated heterocycles. The van der Waals surface area contributed by atoms with E-state index in [9.17, 15) is 0 Å². The van der Waals surface area contributed by atoms with Crippen LogP contribution in [-0.2, 0) is 0 Å². The van der Waals surface area contributed by atoms with Crippen LogP contribution in [0.25, 0.3) is 0 Å². The van der Waals surface area contributed by atoms with E-state index >= 15 is 0 Å². The SMILES string of the molecule is CCN(CCCCl)C(C)C. The Bertz CT molecular complexity index is 73.7. The first kappa shape index (κ1) is 10.2. The molecule has 0 saturated carbocycles. The Hall–Kier alpha value is 0.250. The minimum atomic E-state index is 0.660. The number of hydrogen-bond donors (Lipinski definition) is 0. The van der Waals surface area contributed by atoms with Crippen molar-refractivity contribution in [1.29, 1.82) is 0 Å². The summed E-state index contributed by atoms with van der Waals surface area (Å²) in [5.74, 6) is 0.781. The molecule has 0 aromatic carbocycles. The fourth-order valence-corrected chi connectivity index (χ4v) is 1.16. The summed E-state index contributed by atoms with van der Waals surface area (Å²) in [4.78, 5) is 2.42.